The predicted molar refractivity (Wildman–Crippen MR) is 64.1 cm³/mol. The van der Waals surface area contributed by atoms with Crippen LogP contribution in [0.25, 0.3) is 0 Å². The average molecular weight is 221 g/mol. The van der Waals surface area contributed by atoms with Gasteiger partial charge in [0.2, 0.25) is 0 Å². The summed E-state index contributed by atoms with van der Waals surface area (Å²) in [7, 11) is 0. The highest BCUT2D eigenvalue weighted by Crippen LogP contribution is 2.05. The molecule has 0 fully saturated rings. The van der Waals surface area contributed by atoms with E-state index in [2.05, 4.69) is 24.4 Å². The summed E-state index contributed by atoms with van der Waals surface area (Å²) in [6, 6.07) is 8.31. The zero-order chi connectivity index (χ0) is 11.8. The molecule has 0 aliphatic heterocycles. The smallest absolute Gasteiger partial charge is 0.302 e. The van der Waals surface area contributed by atoms with Crippen molar-refractivity contribution in [3.63, 3.8) is 0 Å². The van der Waals surface area contributed by atoms with Crippen LogP contribution in [-0.4, -0.2) is 19.1 Å². The molecule has 1 aromatic rings. The second-order valence-electron chi connectivity index (χ2n) is 3.80. The Bertz CT molecular complexity index is 336. The lowest BCUT2D eigenvalue weighted by Crippen LogP contribution is -2.17. The highest BCUT2D eigenvalue weighted by atomic mass is 16.5. The summed E-state index contributed by atoms with van der Waals surface area (Å²) in [4.78, 5) is 10.5. The lowest BCUT2D eigenvalue weighted by Gasteiger charge is -2.07. The fourth-order valence-electron chi connectivity index (χ4n) is 1.44. The van der Waals surface area contributed by atoms with E-state index in [1.807, 2.05) is 12.1 Å². The molecular formula is C13H19NO2. The normalized spacial score (nSPS) is 10.1. The van der Waals surface area contributed by atoms with Gasteiger partial charge in [0, 0.05) is 13.5 Å². The molecule has 1 N–H and O–H groups in total. The topological polar surface area (TPSA) is 38.3 Å². The number of aryl methyl sites for hydroxylation is 1. The van der Waals surface area contributed by atoms with Gasteiger partial charge < -0.3 is 10.1 Å². The molecule has 0 heterocycles. The number of rotatable bonds is 6. The monoisotopic (exact) mass is 221 g/mol. The highest BCUT2D eigenvalue weighted by Gasteiger charge is 1.96. The molecule has 0 atom stereocenters. The number of carbonyl (C=O) groups is 1. The summed E-state index contributed by atoms with van der Waals surface area (Å²) in [5.41, 5.74) is 2.62. The van der Waals surface area contributed by atoms with Gasteiger partial charge in [0.25, 0.3) is 0 Å². The van der Waals surface area contributed by atoms with E-state index in [1.54, 1.807) is 0 Å². The maximum absolute atomic E-state index is 10.5. The second-order valence-corrected chi connectivity index (χ2v) is 3.80. The molecule has 0 aromatic heterocycles. The minimum absolute atomic E-state index is 0.209. The minimum Gasteiger partial charge on any atom is -0.466 e. The summed E-state index contributed by atoms with van der Waals surface area (Å²) < 4.78 is 4.84. The van der Waals surface area contributed by atoms with Crippen LogP contribution in [0.1, 0.15) is 24.5 Å². The summed E-state index contributed by atoms with van der Waals surface area (Å²) in [6.45, 7) is 5.76. The van der Waals surface area contributed by atoms with Gasteiger partial charge in [0.1, 0.15) is 0 Å². The predicted octanol–water partition coefficient (Wildman–Crippen LogP) is 2.04. The summed E-state index contributed by atoms with van der Waals surface area (Å²) >= 11 is 0. The third-order valence-electron chi connectivity index (χ3n) is 2.38. The van der Waals surface area contributed by atoms with Gasteiger partial charge in [-0.2, -0.15) is 0 Å². The van der Waals surface area contributed by atoms with E-state index in [0.29, 0.717) is 6.61 Å². The van der Waals surface area contributed by atoms with Crippen LogP contribution in [0.5, 0.6) is 0 Å². The second kappa shape index (κ2) is 7.01. The van der Waals surface area contributed by atoms with Crippen LogP contribution in [0, 0.1) is 6.92 Å². The zero-order valence-electron chi connectivity index (χ0n) is 9.95. The first-order chi connectivity index (χ1) is 7.70. The molecule has 0 amide bonds. The Kier molecular flexibility index (Phi) is 5.57. The van der Waals surface area contributed by atoms with Crippen molar-refractivity contribution in [3.05, 3.63) is 35.4 Å². The molecule has 0 saturated heterocycles. The zero-order valence-corrected chi connectivity index (χ0v) is 9.95. The molecule has 0 saturated carbocycles. The summed E-state index contributed by atoms with van der Waals surface area (Å²) in [5, 5.41) is 3.32. The van der Waals surface area contributed by atoms with Gasteiger partial charge in [-0.3, -0.25) is 4.79 Å². The van der Waals surface area contributed by atoms with Crippen molar-refractivity contribution in [1.82, 2.24) is 5.32 Å². The average Bonchev–Trinajstić information content (AvgIpc) is 2.25. The molecule has 16 heavy (non-hydrogen) atoms. The summed E-state index contributed by atoms with van der Waals surface area (Å²) in [6.07, 6.45) is 0.853. The van der Waals surface area contributed by atoms with Crippen LogP contribution >= 0.6 is 0 Å². The van der Waals surface area contributed by atoms with Gasteiger partial charge in [-0.25, -0.2) is 0 Å². The van der Waals surface area contributed by atoms with Crippen LogP contribution in [0.3, 0.4) is 0 Å². The minimum atomic E-state index is -0.209. The highest BCUT2D eigenvalue weighted by molar-refractivity contribution is 5.65. The van der Waals surface area contributed by atoms with E-state index in [9.17, 15) is 4.79 Å². The Morgan fingerprint density at radius 3 is 2.81 bits per heavy atom. The van der Waals surface area contributed by atoms with E-state index in [4.69, 9.17) is 4.74 Å². The number of nitrogens with one attached hydrogen (secondary N) is 1. The number of benzene rings is 1. The SMILES string of the molecule is CC(=O)OCCCNCc1ccccc1C. The maximum atomic E-state index is 10.5. The molecule has 3 nitrogen and oxygen atoms in total. The van der Waals surface area contributed by atoms with Gasteiger partial charge in [-0.05, 0) is 31.0 Å². The van der Waals surface area contributed by atoms with E-state index in [0.717, 1.165) is 19.5 Å². The van der Waals surface area contributed by atoms with Gasteiger partial charge in [-0.1, -0.05) is 24.3 Å². The molecular weight excluding hydrogens is 202 g/mol. The fraction of sp³-hybridized carbons (Fsp3) is 0.462. The number of hydrogen-bond acceptors (Lipinski definition) is 3. The Hall–Kier alpha value is -1.35. The molecule has 0 aliphatic rings. The number of ether oxygens (including phenoxy) is 1. The first-order valence-electron chi connectivity index (χ1n) is 5.58. The number of esters is 1. The number of hydrogen-bond donors (Lipinski definition) is 1. The van der Waals surface area contributed by atoms with Gasteiger partial charge in [0.15, 0.2) is 0 Å². The van der Waals surface area contributed by atoms with E-state index in [-0.39, 0.29) is 5.97 Å². The van der Waals surface area contributed by atoms with Gasteiger partial charge in [0.05, 0.1) is 6.61 Å². The van der Waals surface area contributed by atoms with Crippen LogP contribution < -0.4 is 5.32 Å². The van der Waals surface area contributed by atoms with E-state index < -0.39 is 0 Å². The Labute approximate surface area is 96.8 Å². The van der Waals surface area contributed by atoms with Crippen molar-refractivity contribution in [2.24, 2.45) is 0 Å². The Morgan fingerprint density at radius 2 is 2.12 bits per heavy atom. The maximum Gasteiger partial charge on any atom is 0.302 e. The Morgan fingerprint density at radius 1 is 1.38 bits per heavy atom. The Balaban J connectivity index is 2.12. The van der Waals surface area contributed by atoms with Crippen molar-refractivity contribution >= 4 is 5.97 Å². The van der Waals surface area contributed by atoms with Crippen LogP contribution in [0.4, 0.5) is 0 Å². The summed E-state index contributed by atoms with van der Waals surface area (Å²) in [5.74, 6) is -0.209. The van der Waals surface area contributed by atoms with Crippen molar-refractivity contribution in [2.75, 3.05) is 13.2 Å². The lowest BCUT2D eigenvalue weighted by atomic mass is 10.1. The van der Waals surface area contributed by atoms with Gasteiger partial charge >= 0.3 is 5.97 Å². The lowest BCUT2D eigenvalue weighted by molar-refractivity contribution is -0.141. The van der Waals surface area contributed by atoms with E-state index in [1.165, 1.54) is 18.1 Å². The van der Waals surface area contributed by atoms with Gasteiger partial charge in [-0.15, -0.1) is 0 Å². The van der Waals surface area contributed by atoms with Crippen LogP contribution in [-0.2, 0) is 16.1 Å². The van der Waals surface area contributed by atoms with Crippen LogP contribution in [0.2, 0.25) is 0 Å². The molecule has 0 radical (unpaired) electrons. The molecule has 88 valence electrons. The molecule has 0 unspecified atom stereocenters. The van der Waals surface area contributed by atoms with Crippen molar-refractivity contribution in [1.29, 1.82) is 0 Å². The third kappa shape index (κ3) is 4.94. The standard InChI is InChI=1S/C13H19NO2/c1-11-6-3-4-7-13(11)10-14-8-5-9-16-12(2)15/h3-4,6-7,14H,5,8-10H2,1-2H3. The van der Waals surface area contributed by atoms with Crippen LogP contribution in [0.15, 0.2) is 24.3 Å². The largest absolute Gasteiger partial charge is 0.466 e. The first kappa shape index (κ1) is 12.7. The van der Waals surface area contributed by atoms with Crippen molar-refractivity contribution < 1.29 is 9.53 Å². The van der Waals surface area contributed by atoms with E-state index >= 15 is 0 Å². The fourth-order valence-corrected chi connectivity index (χ4v) is 1.44. The molecule has 1 aromatic carbocycles. The number of carbonyl (C=O) groups excluding carboxylic acids is 1. The molecule has 0 spiro atoms. The quantitative estimate of drug-likeness (QED) is 0.590. The molecule has 1 rings (SSSR count). The van der Waals surface area contributed by atoms with Crippen molar-refractivity contribution in [2.45, 2.75) is 26.8 Å². The first-order valence-corrected chi connectivity index (χ1v) is 5.58. The molecule has 0 aliphatic carbocycles. The molecule has 3 heteroatoms. The third-order valence-corrected chi connectivity index (χ3v) is 2.38. The molecule has 0 bridgehead atoms. The van der Waals surface area contributed by atoms with Crippen molar-refractivity contribution in [3.8, 4) is 0 Å².